The molecule has 0 radical (unpaired) electrons. The van der Waals surface area contributed by atoms with Crippen molar-refractivity contribution in [1.29, 1.82) is 0 Å². The van der Waals surface area contributed by atoms with Gasteiger partial charge in [-0.3, -0.25) is 77.2 Å². The third kappa shape index (κ3) is 32.2. The number of para-hydroxylation sites is 2. The largest absolute Gasteiger partial charge is 0.378 e. The van der Waals surface area contributed by atoms with E-state index in [4.69, 9.17) is 32.4 Å². The molecule has 39 nitrogen and oxygen atoms in total. The molecule has 0 aliphatic carbocycles. The number of hydrogen-bond acceptors (Lipinski definition) is 22. The molecular weight excluding hydrogens is 1660 g/mol. The molecule has 20 N–H and O–H groups in total. The zero-order valence-corrected chi connectivity index (χ0v) is 74.8. The third-order valence-electron chi connectivity index (χ3n) is 21.9. The number of nitrogens with two attached hydrogens (primary N) is 4. The van der Waals surface area contributed by atoms with E-state index >= 15 is 0 Å². The van der Waals surface area contributed by atoms with E-state index in [1.807, 2.05) is 82.4 Å². The minimum Gasteiger partial charge on any atom is -0.378 e. The van der Waals surface area contributed by atoms with Gasteiger partial charge in [0.1, 0.15) is 54.4 Å². The van der Waals surface area contributed by atoms with Crippen LogP contribution < -0.4 is 70.8 Å². The van der Waals surface area contributed by atoms with E-state index in [0.717, 1.165) is 72.2 Å². The van der Waals surface area contributed by atoms with Gasteiger partial charge in [-0.1, -0.05) is 120 Å². The number of rotatable bonds is 56. The number of ether oxygens (including phenoxy) is 2. The smallest absolute Gasteiger partial charge is 0.246 e. The number of likely N-dealkylation sites (N-methyl/N-ethyl adjacent to an activating group) is 4. The van der Waals surface area contributed by atoms with Gasteiger partial charge in [-0.2, -0.15) is 0 Å². The summed E-state index contributed by atoms with van der Waals surface area (Å²) in [6.07, 6.45) is 9.91. The molecule has 0 saturated carbocycles. The van der Waals surface area contributed by atoms with E-state index in [1.54, 1.807) is 50.6 Å². The Morgan fingerprint density at radius 1 is 0.559 bits per heavy atom. The first-order valence-electron chi connectivity index (χ1n) is 43.0. The summed E-state index contributed by atoms with van der Waals surface area (Å²) in [6.45, 7) is 9.14. The lowest BCUT2D eigenvalue weighted by Crippen LogP contribution is -2.60. The summed E-state index contributed by atoms with van der Waals surface area (Å²) in [7, 11) is 5.87. The van der Waals surface area contributed by atoms with Crippen molar-refractivity contribution in [3.63, 3.8) is 0 Å². The third-order valence-corrected chi connectivity index (χ3v) is 22.9. The molecule has 4 heterocycles. The number of unbranched alkanes of at least 4 members (excludes halogenated alkanes) is 2. The number of H-pyrrole nitrogens is 3. The summed E-state index contributed by atoms with van der Waals surface area (Å²) in [5.74, 6) is -10.7. The minimum atomic E-state index is -1.66. The number of carbonyl (C=O) groups is 15. The minimum absolute atomic E-state index is 0.0193. The maximum Gasteiger partial charge on any atom is 0.246 e. The summed E-state index contributed by atoms with van der Waals surface area (Å²) in [6, 6.07) is 10.9. The molecule has 1 saturated heterocycles. The number of thioether (sulfide) groups is 1. The van der Waals surface area contributed by atoms with Crippen LogP contribution in [0.1, 0.15) is 121 Å². The normalized spacial score (nSPS) is 14.9. The van der Waals surface area contributed by atoms with Crippen LogP contribution >= 0.6 is 11.8 Å². The molecule has 0 bridgehead atoms. The number of benzene rings is 3. The van der Waals surface area contributed by atoms with Gasteiger partial charge in [0.25, 0.3) is 0 Å². The molecule has 0 unspecified atom stereocenters. The number of nitrogens with one attached hydrogen (secondary N) is 12. The quantitative estimate of drug-likeness (QED) is 0.0163. The van der Waals surface area contributed by atoms with Crippen molar-refractivity contribution in [1.82, 2.24) is 92.3 Å². The molecule has 694 valence electrons. The van der Waals surface area contributed by atoms with Crippen molar-refractivity contribution in [3.8, 4) is 0 Å². The van der Waals surface area contributed by atoms with E-state index in [-0.39, 0.29) is 126 Å². The maximum atomic E-state index is 14.7. The van der Waals surface area contributed by atoms with Gasteiger partial charge in [0, 0.05) is 125 Å². The highest BCUT2D eigenvalue weighted by molar-refractivity contribution is 8.00. The van der Waals surface area contributed by atoms with Crippen LogP contribution in [0.15, 0.2) is 104 Å². The molecule has 0 spiro atoms. The predicted octanol–water partition coefficient (Wildman–Crippen LogP) is -0.879. The van der Waals surface area contributed by atoms with Gasteiger partial charge in [-0.15, -0.1) is 11.8 Å². The number of carbonyl (C=O) groups excluding carboxylic acids is 15. The standard InChI is InChI=1S/C87H128N22O17S/c1-10-12-28-70(107(8)87(124)72(29-13-11-2)108(9)83(120)61(88)40-56-44-96-63-26-19-17-24-59(56)63)81(118)95-32-36-125-35-31-92-52-126-37-33-94-79(116)65(41-57-45-97-64-27-20-18-25-60(57)64)100-75(112)48-105(6)84(121)67(38-53(3)4)104-80(117)66(42-58-46-93-51-99-58)102-82(119)71-30-21-34-109(71)86(123)69(43-73(90)110)103-77(114)54(5)106(7)85(122)68(39-55-22-15-14-16-23-55)101-76(113)50-127-49-62(89)78(115)98-47-74(91)111/h14-20,22-27,44-46,51,53-54,61-62,65-72,92,96-97H,10-13,21,28-43,47-50,52,88-89H2,1-9H3,(H2,90,110)(H2,91,111)(H,93,99)(H,94,116)(H,95,118)(H,98,115)(H,100,112)(H,101,113)(H,102,119)(H,103,114)(H,104,117)/t54-,61-,62-,65-,66-,67-,68-,69-,70-,71-,72-/m0/s1. The van der Waals surface area contributed by atoms with Crippen LogP contribution in [-0.2, 0) is 107 Å². The summed E-state index contributed by atoms with van der Waals surface area (Å²) in [5, 5.41) is 26.5. The monoisotopic (exact) mass is 1780 g/mol. The molecule has 3 aromatic heterocycles. The second-order valence-corrected chi connectivity index (χ2v) is 33.2. The Bertz CT molecular complexity index is 4650. The highest BCUT2D eigenvalue weighted by atomic mass is 32.2. The highest BCUT2D eigenvalue weighted by Gasteiger charge is 2.43. The highest BCUT2D eigenvalue weighted by Crippen LogP contribution is 2.25. The fraction of sp³-hybridized carbons (Fsp3) is 0.540. The maximum absolute atomic E-state index is 14.7. The first-order chi connectivity index (χ1) is 60.7. The van der Waals surface area contributed by atoms with Crippen LogP contribution in [0.2, 0.25) is 0 Å². The Balaban J connectivity index is 0.895. The summed E-state index contributed by atoms with van der Waals surface area (Å²) in [4.78, 5) is 226. The zero-order chi connectivity index (χ0) is 92.8. The van der Waals surface area contributed by atoms with Crippen LogP contribution in [-0.4, -0.2) is 305 Å². The molecule has 11 atom stereocenters. The lowest BCUT2D eigenvalue weighted by Gasteiger charge is -2.35. The number of amides is 15. The van der Waals surface area contributed by atoms with E-state index in [1.165, 1.54) is 43.3 Å². The molecule has 1 aliphatic heterocycles. The molecule has 6 aromatic rings. The number of aromatic nitrogens is 4. The second-order valence-electron chi connectivity index (χ2n) is 32.2. The summed E-state index contributed by atoms with van der Waals surface area (Å²) < 4.78 is 11.6. The van der Waals surface area contributed by atoms with Crippen LogP contribution in [0.5, 0.6) is 0 Å². The average Bonchev–Trinajstić information content (AvgIpc) is 1.78. The Morgan fingerprint density at radius 3 is 1.78 bits per heavy atom. The number of imidazole rings is 1. The molecule has 15 amide bonds. The molecule has 1 aliphatic rings. The lowest BCUT2D eigenvalue weighted by molar-refractivity contribution is -0.148. The summed E-state index contributed by atoms with van der Waals surface area (Å²) >= 11 is 0.987. The van der Waals surface area contributed by atoms with Crippen LogP contribution in [0, 0.1) is 5.92 Å². The fourth-order valence-corrected chi connectivity index (χ4v) is 15.5. The number of hydrogen-bond donors (Lipinski definition) is 16. The van der Waals surface area contributed by atoms with E-state index in [0.29, 0.717) is 43.5 Å². The van der Waals surface area contributed by atoms with E-state index < -0.39 is 157 Å². The Kier molecular flexibility index (Phi) is 42.1. The van der Waals surface area contributed by atoms with Gasteiger partial charge < -0.3 is 114 Å². The molecule has 1 fully saturated rings. The van der Waals surface area contributed by atoms with Crippen LogP contribution in [0.3, 0.4) is 0 Å². The molecule has 7 rings (SSSR count). The molecule has 40 heteroatoms. The van der Waals surface area contributed by atoms with Crippen molar-refractivity contribution in [2.24, 2.45) is 28.9 Å². The topological polar surface area (TPSA) is 563 Å². The summed E-state index contributed by atoms with van der Waals surface area (Å²) in [5.41, 5.74) is 27.6. The van der Waals surface area contributed by atoms with Crippen molar-refractivity contribution < 1.29 is 81.4 Å². The number of likely N-dealkylation sites (tertiary alicyclic amines) is 1. The van der Waals surface area contributed by atoms with Crippen molar-refractivity contribution in [2.75, 3.05) is 106 Å². The van der Waals surface area contributed by atoms with Gasteiger partial charge in [0.2, 0.25) is 88.6 Å². The lowest BCUT2D eigenvalue weighted by atomic mass is 10.0. The molecule has 127 heavy (non-hydrogen) atoms. The van der Waals surface area contributed by atoms with Gasteiger partial charge in [-0.25, -0.2) is 4.98 Å². The van der Waals surface area contributed by atoms with Crippen molar-refractivity contribution >= 4 is 122 Å². The molecular formula is C87H128N22O17S. The number of fused-ring (bicyclic) bond motifs is 2. The van der Waals surface area contributed by atoms with Crippen molar-refractivity contribution in [2.45, 2.75) is 191 Å². The van der Waals surface area contributed by atoms with Crippen LogP contribution in [0.4, 0.5) is 0 Å². The Hall–Kier alpha value is -11.9. The predicted molar refractivity (Wildman–Crippen MR) is 477 cm³/mol. The van der Waals surface area contributed by atoms with Crippen LogP contribution in [0.25, 0.3) is 21.8 Å². The zero-order valence-electron chi connectivity index (χ0n) is 74.0. The Labute approximate surface area is 743 Å². The fourth-order valence-electron chi connectivity index (χ4n) is 14.7. The van der Waals surface area contributed by atoms with E-state index in [2.05, 4.69) is 67.8 Å². The average molecular weight is 1790 g/mol. The number of primary amides is 2. The van der Waals surface area contributed by atoms with Gasteiger partial charge in [0.05, 0.1) is 70.2 Å². The SMILES string of the molecule is CCCC[C@@H](C(=O)N(C)[C@@H](CCCC)C(=O)NCCOCCNCOCCNC(=O)[C@H](Cc1c[nH]c2ccccc12)NC(=O)CN(C)C(=O)[C@H](CC(C)C)NC(=O)[C@H](Cc1cnc[nH]1)NC(=O)[C@@H]1CCCN1C(=O)[C@H](CC(N)=O)NC(=O)[C@H](C)N(C)C(=O)[C@H](Cc1ccccc1)NC(=O)CSC[C@H](N)C(=O)NCC(N)=O)N(C)C(=O)[C@@H](N)Cc1c[nH]c2ccccc12. The first kappa shape index (κ1) is 102. The van der Waals surface area contributed by atoms with Crippen molar-refractivity contribution in [3.05, 3.63) is 126 Å². The first-order valence-corrected chi connectivity index (χ1v) is 44.2. The van der Waals surface area contributed by atoms with Gasteiger partial charge in [0.15, 0.2) is 0 Å². The van der Waals surface area contributed by atoms with E-state index in [9.17, 15) is 71.9 Å². The molecule has 3 aromatic carbocycles. The Morgan fingerprint density at radius 2 is 1.15 bits per heavy atom. The van der Waals surface area contributed by atoms with Gasteiger partial charge >= 0.3 is 0 Å². The number of aromatic amines is 3. The van der Waals surface area contributed by atoms with Gasteiger partial charge in [-0.05, 0) is 80.2 Å². The number of nitrogens with zero attached hydrogens (tertiary/aromatic N) is 6. The second kappa shape index (κ2) is 52.3.